The molecule has 2 aromatic heterocycles. The average Bonchev–Trinajstić information content (AvgIpc) is 3.19. The fraction of sp³-hybridized carbons (Fsp3) is 0.385. The van der Waals surface area contributed by atoms with E-state index in [9.17, 15) is 9.90 Å². The summed E-state index contributed by atoms with van der Waals surface area (Å²) < 4.78 is 1.34. The third-order valence-corrected chi connectivity index (χ3v) is 6.72. The SMILES string of the molecule is Cc1cc(C#N)ccc1-c1cnn(-c2ccc(C(=O)N3CCC(C(C)C)[C@H](C)C3)cn2)c1O. The second kappa shape index (κ2) is 9.07. The van der Waals surface area contributed by atoms with Gasteiger partial charge in [-0.25, -0.2) is 4.98 Å². The summed E-state index contributed by atoms with van der Waals surface area (Å²) in [7, 11) is 0. The number of nitrogens with zero attached hydrogens (tertiary/aromatic N) is 5. The second-order valence-corrected chi connectivity index (χ2v) is 9.27. The van der Waals surface area contributed by atoms with E-state index < -0.39 is 0 Å². The molecule has 1 aliphatic heterocycles. The van der Waals surface area contributed by atoms with Crippen molar-refractivity contribution in [3.05, 3.63) is 59.4 Å². The van der Waals surface area contributed by atoms with Crippen LogP contribution in [0.5, 0.6) is 5.88 Å². The summed E-state index contributed by atoms with van der Waals surface area (Å²) in [6, 6.07) is 10.8. The molecule has 1 saturated heterocycles. The Kier molecular flexibility index (Phi) is 6.19. The van der Waals surface area contributed by atoms with E-state index >= 15 is 0 Å². The molecule has 4 rings (SSSR count). The van der Waals surface area contributed by atoms with Gasteiger partial charge in [0.25, 0.3) is 5.91 Å². The Morgan fingerprint density at radius 3 is 2.61 bits per heavy atom. The van der Waals surface area contributed by atoms with E-state index in [1.54, 1.807) is 42.7 Å². The minimum absolute atomic E-state index is 0.0123. The fourth-order valence-corrected chi connectivity index (χ4v) is 4.89. The highest BCUT2D eigenvalue weighted by Gasteiger charge is 2.30. The van der Waals surface area contributed by atoms with Gasteiger partial charge in [-0.2, -0.15) is 15.0 Å². The van der Waals surface area contributed by atoms with Crippen LogP contribution in [0, 0.1) is 36.0 Å². The van der Waals surface area contributed by atoms with E-state index in [2.05, 4.69) is 36.9 Å². The molecule has 170 valence electrons. The number of hydrogen-bond acceptors (Lipinski definition) is 5. The highest BCUT2D eigenvalue weighted by molar-refractivity contribution is 5.94. The van der Waals surface area contributed by atoms with Crippen LogP contribution in [0.2, 0.25) is 0 Å². The molecule has 3 aromatic rings. The van der Waals surface area contributed by atoms with E-state index in [0.29, 0.717) is 40.3 Å². The fourth-order valence-electron chi connectivity index (χ4n) is 4.89. The number of benzene rings is 1. The number of hydrogen-bond donors (Lipinski definition) is 1. The topological polar surface area (TPSA) is 95.0 Å². The Labute approximate surface area is 194 Å². The number of aryl methyl sites for hydroxylation is 1. The number of rotatable bonds is 4. The van der Waals surface area contributed by atoms with Crippen molar-refractivity contribution in [2.45, 2.75) is 34.1 Å². The largest absolute Gasteiger partial charge is 0.493 e. The lowest BCUT2D eigenvalue weighted by Crippen LogP contribution is -2.44. The molecule has 7 nitrogen and oxygen atoms in total. The van der Waals surface area contributed by atoms with Gasteiger partial charge < -0.3 is 10.0 Å². The summed E-state index contributed by atoms with van der Waals surface area (Å²) in [5.74, 6) is 2.11. The molecule has 0 saturated carbocycles. The highest BCUT2D eigenvalue weighted by atomic mass is 16.3. The molecule has 7 heteroatoms. The summed E-state index contributed by atoms with van der Waals surface area (Å²) in [5, 5.41) is 24.1. The first-order valence-corrected chi connectivity index (χ1v) is 11.3. The summed E-state index contributed by atoms with van der Waals surface area (Å²) in [4.78, 5) is 19.3. The Hall–Kier alpha value is -3.66. The van der Waals surface area contributed by atoms with Gasteiger partial charge >= 0.3 is 0 Å². The minimum Gasteiger partial charge on any atom is -0.493 e. The van der Waals surface area contributed by atoms with Crippen LogP contribution in [-0.4, -0.2) is 43.8 Å². The molecule has 1 N–H and O–H groups in total. The zero-order chi connectivity index (χ0) is 23.7. The molecular weight excluding hydrogens is 414 g/mol. The maximum Gasteiger partial charge on any atom is 0.255 e. The third-order valence-electron chi connectivity index (χ3n) is 6.72. The van der Waals surface area contributed by atoms with Crippen molar-refractivity contribution in [1.29, 1.82) is 5.26 Å². The number of amides is 1. The summed E-state index contributed by atoms with van der Waals surface area (Å²) >= 11 is 0. The molecule has 0 bridgehead atoms. The quantitative estimate of drug-likeness (QED) is 0.637. The van der Waals surface area contributed by atoms with Crippen molar-refractivity contribution in [3.63, 3.8) is 0 Å². The van der Waals surface area contributed by atoms with Gasteiger partial charge in [-0.05, 0) is 66.5 Å². The minimum atomic E-state index is -0.0426. The monoisotopic (exact) mass is 443 g/mol. The molecule has 1 unspecified atom stereocenters. The van der Waals surface area contributed by atoms with Crippen molar-refractivity contribution < 1.29 is 9.90 Å². The molecule has 0 spiro atoms. The predicted molar refractivity (Wildman–Crippen MR) is 126 cm³/mol. The van der Waals surface area contributed by atoms with Gasteiger partial charge in [0.15, 0.2) is 5.82 Å². The van der Waals surface area contributed by atoms with Crippen LogP contribution < -0.4 is 0 Å². The molecule has 1 aliphatic rings. The van der Waals surface area contributed by atoms with Gasteiger partial charge in [0.2, 0.25) is 5.88 Å². The molecule has 3 heterocycles. The number of carbonyl (C=O) groups is 1. The Balaban J connectivity index is 1.53. The smallest absolute Gasteiger partial charge is 0.255 e. The maximum atomic E-state index is 13.0. The maximum absolute atomic E-state index is 13.0. The second-order valence-electron chi connectivity index (χ2n) is 9.27. The molecule has 1 amide bonds. The molecule has 0 aliphatic carbocycles. The van der Waals surface area contributed by atoms with Gasteiger partial charge in [0, 0.05) is 19.3 Å². The number of aromatic nitrogens is 3. The van der Waals surface area contributed by atoms with Crippen LogP contribution in [-0.2, 0) is 0 Å². The first kappa shape index (κ1) is 22.5. The van der Waals surface area contributed by atoms with E-state index in [0.717, 1.165) is 30.6 Å². The van der Waals surface area contributed by atoms with Crippen molar-refractivity contribution in [3.8, 4) is 28.9 Å². The van der Waals surface area contributed by atoms with Crippen molar-refractivity contribution >= 4 is 5.91 Å². The molecule has 1 fully saturated rings. The Morgan fingerprint density at radius 2 is 2.00 bits per heavy atom. The predicted octanol–water partition coefficient (Wildman–Crippen LogP) is 4.57. The third kappa shape index (κ3) is 4.34. The van der Waals surface area contributed by atoms with Crippen LogP contribution in [0.4, 0.5) is 0 Å². The van der Waals surface area contributed by atoms with Crippen molar-refractivity contribution in [2.24, 2.45) is 17.8 Å². The van der Waals surface area contributed by atoms with Crippen LogP contribution in [0.15, 0.2) is 42.7 Å². The molecule has 1 aromatic carbocycles. The van der Waals surface area contributed by atoms with Gasteiger partial charge in [-0.3, -0.25) is 4.79 Å². The van der Waals surface area contributed by atoms with E-state index in [4.69, 9.17) is 5.26 Å². The summed E-state index contributed by atoms with van der Waals surface area (Å²) in [6.45, 7) is 10.1. The normalized spacial score (nSPS) is 18.4. The van der Waals surface area contributed by atoms with E-state index in [1.807, 2.05) is 11.8 Å². The van der Waals surface area contributed by atoms with Gasteiger partial charge in [0.1, 0.15) is 0 Å². The van der Waals surface area contributed by atoms with E-state index in [-0.39, 0.29) is 11.8 Å². The molecule has 0 radical (unpaired) electrons. The number of carbonyl (C=O) groups excluding carboxylic acids is 1. The van der Waals surface area contributed by atoms with Crippen LogP contribution in [0.1, 0.15) is 48.7 Å². The number of pyridine rings is 1. The Morgan fingerprint density at radius 1 is 1.21 bits per heavy atom. The first-order chi connectivity index (χ1) is 15.8. The van der Waals surface area contributed by atoms with Crippen molar-refractivity contribution in [2.75, 3.05) is 13.1 Å². The van der Waals surface area contributed by atoms with Crippen LogP contribution in [0.25, 0.3) is 16.9 Å². The number of nitriles is 1. The van der Waals surface area contributed by atoms with Gasteiger partial charge in [0.05, 0.1) is 29.0 Å². The van der Waals surface area contributed by atoms with Crippen molar-refractivity contribution in [1.82, 2.24) is 19.7 Å². The number of piperidine rings is 1. The zero-order valence-corrected chi connectivity index (χ0v) is 19.5. The van der Waals surface area contributed by atoms with Crippen LogP contribution in [0.3, 0.4) is 0 Å². The molecule has 33 heavy (non-hydrogen) atoms. The van der Waals surface area contributed by atoms with Gasteiger partial charge in [-0.1, -0.05) is 26.8 Å². The standard InChI is InChI=1S/C26H29N5O2/c1-16(2)21-9-10-30(15-18(21)4)25(32)20-6-8-24(28-13-20)31-26(33)23(14-29-31)22-7-5-19(12-27)11-17(22)3/h5-8,11,13-14,16,18,21,33H,9-10,15H2,1-4H3/t18-,21?/m1/s1. The number of aromatic hydroxyl groups is 1. The highest BCUT2D eigenvalue weighted by Crippen LogP contribution is 2.33. The summed E-state index contributed by atoms with van der Waals surface area (Å²) in [6.07, 6.45) is 4.14. The average molecular weight is 444 g/mol. The lowest BCUT2D eigenvalue weighted by molar-refractivity contribution is 0.0560. The van der Waals surface area contributed by atoms with Crippen LogP contribution >= 0.6 is 0 Å². The first-order valence-electron chi connectivity index (χ1n) is 11.3. The lowest BCUT2D eigenvalue weighted by atomic mass is 9.79. The van der Waals surface area contributed by atoms with E-state index in [1.165, 1.54) is 4.68 Å². The summed E-state index contributed by atoms with van der Waals surface area (Å²) in [5.41, 5.74) is 3.31. The number of likely N-dealkylation sites (tertiary alicyclic amines) is 1. The van der Waals surface area contributed by atoms with Gasteiger partial charge in [-0.15, -0.1) is 0 Å². The molecule has 2 atom stereocenters. The Bertz CT molecular complexity index is 1210. The molecular formula is C26H29N5O2. The zero-order valence-electron chi connectivity index (χ0n) is 19.5. The lowest BCUT2D eigenvalue weighted by Gasteiger charge is -2.39.